The van der Waals surface area contributed by atoms with E-state index in [2.05, 4.69) is 65.8 Å². The van der Waals surface area contributed by atoms with Crippen LogP contribution in [0, 0.1) is 13.8 Å². The Balaban J connectivity index is 2.78. The first-order chi connectivity index (χ1) is 8.41. The van der Waals surface area contributed by atoms with Gasteiger partial charge in [0.25, 0.3) is 0 Å². The standard InChI is InChI=1S/C18H24/c1-11(2)15-7-8-16-13(5)9-14(6)18(16)10-17(15)12(3)4/h7-12H,1-6H3. The molecule has 0 radical (unpaired) electrons. The number of hydrogen-bond acceptors (Lipinski definition) is 0. The van der Waals surface area contributed by atoms with E-state index in [1.165, 1.54) is 33.4 Å². The van der Waals surface area contributed by atoms with Gasteiger partial charge < -0.3 is 0 Å². The lowest BCUT2D eigenvalue weighted by Gasteiger charge is -2.13. The predicted octanol–water partition coefficient (Wildman–Crippen LogP) is 5.66. The zero-order valence-corrected chi connectivity index (χ0v) is 12.5. The number of hydrogen-bond donors (Lipinski definition) is 0. The van der Waals surface area contributed by atoms with Crippen LogP contribution in [0.2, 0.25) is 0 Å². The molecule has 96 valence electrons. The van der Waals surface area contributed by atoms with Crippen LogP contribution in [0.25, 0.3) is 11.1 Å². The Labute approximate surface area is 111 Å². The van der Waals surface area contributed by atoms with Crippen molar-refractivity contribution < 1.29 is 0 Å². The Morgan fingerprint density at radius 2 is 1.22 bits per heavy atom. The van der Waals surface area contributed by atoms with Gasteiger partial charge in [0.2, 0.25) is 0 Å². The van der Waals surface area contributed by atoms with E-state index in [9.17, 15) is 0 Å². The van der Waals surface area contributed by atoms with Crippen molar-refractivity contribution in [3.05, 3.63) is 46.5 Å². The molecular formula is C18H24. The van der Waals surface area contributed by atoms with Crippen LogP contribution in [0.3, 0.4) is 0 Å². The normalized spacial score (nSPS) is 11.8. The van der Waals surface area contributed by atoms with E-state index < -0.39 is 0 Å². The molecule has 0 nitrogen and oxygen atoms in total. The summed E-state index contributed by atoms with van der Waals surface area (Å²) in [5.41, 5.74) is 8.59. The van der Waals surface area contributed by atoms with Crippen LogP contribution in [0.4, 0.5) is 0 Å². The molecule has 0 spiro atoms. The smallest absolute Gasteiger partial charge is 0.0149 e. The molecule has 0 heteroatoms. The topological polar surface area (TPSA) is 0 Å². The average Bonchev–Trinajstić information content (AvgIpc) is 2.49. The third kappa shape index (κ3) is 2.16. The van der Waals surface area contributed by atoms with Crippen molar-refractivity contribution in [2.24, 2.45) is 0 Å². The molecule has 0 heterocycles. The molecule has 0 aromatic rings. The molecule has 0 atom stereocenters. The SMILES string of the molecule is Cc1cc(C)c2cc(C(C)C)c(C(C)C)ccc1-2. The maximum Gasteiger partial charge on any atom is -0.0149 e. The van der Waals surface area contributed by atoms with Gasteiger partial charge in [-0.3, -0.25) is 0 Å². The van der Waals surface area contributed by atoms with Gasteiger partial charge in [0, 0.05) is 0 Å². The summed E-state index contributed by atoms with van der Waals surface area (Å²) >= 11 is 0. The van der Waals surface area contributed by atoms with Crippen molar-refractivity contribution in [3.63, 3.8) is 0 Å². The van der Waals surface area contributed by atoms with E-state index in [4.69, 9.17) is 0 Å². The molecule has 2 aliphatic rings. The van der Waals surface area contributed by atoms with Crippen molar-refractivity contribution in [1.29, 1.82) is 0 Å². The van der Waals surface area contributed by atoms with Gasteiger partial charge in [0.05, 0.1) is 0 Å². The van der Waals surface area contributed by atoms with Crippen molar-refractivity contribution in [2.75, 3.05) is 0 Å². The summed E-state index contributed by atoms with van der Waals surface area (Å²) in [7, 11) is 0. The summed E-state index contributed by atoms with van der Waals surface area (Å²) in [5, 5.41) is 0. The first-order valence-electron chi connectivity index (χ1n) is 6.95. The van der Waals surface area contributed by atoms with Crippen LogP contribution in [0.5, 0.6) is 0 Å². The molecule has 2 aliphatic carbocycles. The second-order valence-corrected chi connectivity index (χ2v) is 6.04. The maximum absolute atomic E-state index is 2.41. The Bertz CT molecular complexity index is 532. The molecule has 0 saturated heterocycles. The Kier molecular flexibility index (Phi) is 3.47. The zero-order valence-electron chi connectivity index (χ0n) is 12.5. The molecule has 0 aromatic heterocycles. The molecule has 18 heavy (non-hydrogen) atoms. The van der Waals surface area contributed by atoms with Gasteiger partial charge in [-0.1, -0.05) is 52.0 Å². The summed E-state index contributed by atoms with van der Waals surface area (Å²) in [6, 6.07) is 9.34. The first kappa shape index (κ1) is 13.1. The van der Waals surface area contributed by atoms with Crippen LogP contribution in [0.15, 0.2) is 24.3 Å². The quantitative estimate of drug-likeness (QED) is 0.636. The lowest BCUT2D eigenvalue weighted by Crippen LogP contribution is -1.95. The molecule has 0 bridgehead atoms. The highest BCUT2D eigenvalue weighted by atomic mass is 14.2. The third-order valence-corrected chi connectivity index (χ3v) is 3.88. The number of rotatable bonds is 2. The van der Waals surface area contributed by atoms with E-state index in [1.54, 1.807) is 0 Å². The van der Waals surface area contributed by atoms with Crippen molar-refractivity contribution in [2.45, 2.75) is 53.4 Å². The highest BCUT2D eigenvalue weighted by molar-refractivity contribution is 5.75. The molecule has 0 amide bonds. The fraction of sp³-hybridized carbons (Fsp3) is 0.444. The van der Waals surface area contributed by atoms with Crippen LogP contribution < -0.4 is 0 Å². The van der Waals surface area contributed by atoms with Gasteiger partial charge in [-0.25, -0.2) is 0 Å². The molecule has 2 rings (SSSR count). The molecule has 0 N–H and O–H groups in total. The van der Waals surface area contributed by atoms with E-state index in [0.717, 1.165) is 0 Å². The van der Waals surface area contributed by atoms with Gasteiger partial charge in [-0.05, 0) is 59.1 Å². The highest BCUT2D eigenvalue weighted by Crippen LogP contribution is 2.35. The summed E-state index contributed by atoms with van der Waals surface area (Å²) in [4.78, 5) is 0. The minimum Gasteiger partial charge on any atom is -0.0587 e. The predicted molar refractivity (Wildman–Crippen MR) is 80.7 cm³/mol. The summed E-state index contributed by atoms with van der Waals surface area (Å²) in [5.74, 6) is 1.16. The van der Waals surface area contributed by atoms with E-state index in [-0.39, 0.29) is 0 Å². The molecule has 0 aromatic carbocycles. The minimum absolute atomic E-state index is 0.576. The number of fused-ring (bicyclic) bond motifs is 1. The lowest BCUT2D eigenvalue weighted by molar-refractivity contribution is 0.793. The molecule has 0 fully saturated rings. The lowest BCUT2D eigenvalue weighted by atomic mass is 9.92. The number of aryl methyl sites for hydroxylation is 2. The maximum atomic E-state index is 2.41. The molecule has 0 unspecified atom stereocenters. The minimum atomic E-state index is 0.576. The monoisotopic (exact) mass is 240 g/mol. The van der Waals surface area contributed by atoms with Crippen molar-refractivity contribution in [3.8, 4) is 11.1 Å². The van der Waals surface area contributed by atoms with Crippen LogP contribution in [0.1, 0.15) is 61.8 Å². The Morgan fingerprint density at radius 3 is 1.78 bits per heavy atom. The molecule has 0 saturated carbocycles. The fourth-order valence-electron chi connectivity index (χ4n) is 2.85. The van der Waals surface area contributed by atoms with E-state index in [1.807, 2.05) is 0 Å². The second kappa shape index (κ2) is 4.76. The largest absolute Gasteiger partial charge is 0.0587 e. The van der Waals surface area contributed by atoms with Gasteiger partial charge >= 0.3 is 0 Å². The van der Waals surface area contributed by atoms with Crippen LogP contribution in [-0.4, -0.2) is 0 Å². The zero-order chi connectivity index (χ0) is 13.4. The average molecular weight is 240 g/mol. The summed E-state index contributed by atoms with van der Waals surface area (Å²) in [6.07, 6.45) is 0. The summed E-state index contributed by atoms with van der Waals surface area (Å²) in [6.45, 7) is 13.6. The van der Waals surface area contributed by atoms with Crippen molar-refractivity contribution >= 4 is 0 Å². The molecular weight excluding hydrogens is 216 g/mol. The fourth-order valence-corrected chi connectivity index (χ4v) is 2.85. The molecule has 0 aliphatic heterocycles. The summed E-state index contributed by atoms with van der Waals surface area (Å²) < 4.78 is 0. The van der Waals surface area contributed by atoms with Crippen molar-refractivity contribution in [1.82, 2.24) is 0 Å². The van der Waals surface area contributed by atoms with Gasteiger partial charge in [0.15, 0.2) is 0 Å². The van der Waals surface area contributed by atoms with E-state index >= 15 is 0 Å². The Morgan fingerprint density at radius 1 is 0.667 bits per heavy atom. The second-order valence-electron chi connectivity index (χ2n) is 6.04. The Hall–Kier alpha value is -1.30. The first-order valence-corrected chi connectivity index (χ1v) is 6.95. The van der Waals surface area contributed by atoms with Crippen LogP contribution >= 0.6 is 0 Å². The third-order valence-electron chi connectivity index (χ3n) is 3.88. The van der Waals surface area contributed by atoms with Gasteiger partial charge in [0.1, 0.15) is 0 Å². The van der Waals surface area contributed by atoms with Gasteiger partial charge in [-0.2, -0.15) is 0 Å². The van der Waals surface area contributed by atoms with Crippen LogP contribution in [-0.2, 0) is 0 Å². The van der Waals surface area contributed by atoms with Gasteiger partial charge in [-0.15, -0.1) is 0 Å². The highest BCUT2D eigenvalue weighted by Gasteiger charge is 2.15. The van der Waals surface area contributed by atoms with E-state index in [0.29, 0.717) is 11.8 Å².